The molecule has 0 aliphatic heterocycles. The number of hydrogen-bond acceptors (Lipinski definition) is 1. The van der Waals surface area contributed by atoms with Gasteiger partial charge in [-0.3, -0.25) is 0 Å². The minimum Gasteiger partial charge on any atom is -0.497 e. The first-order valence-electron chi connectivity index (χ1n) is 5.77. The van der Waals surface area contributed by atoms with E-state index >= 15 is 0 Å². The van der Waals surface area contributed by atoms with Gasteiger partial charge in [-0.25, -0.2) is 4.39 Å². The molecule has 0 fully saturated rings. The van der Waals surface area contributed by atoms with Crippen molar-refractivity contribution in [2.24, 2.45) is 0 Å². The van der Waals surface area contributed by atoms with Gasteiger partial charge in [-0.2, -0.15) is 0 Å². The number of aryl methyl sites for hydroxylation is 1. The highest BCUT2D eigenvalue weighted by Crippen LogP contribution is 2.38. The number of halogens is 3. The molecule has 0 spiro atoms. The summed E-state index contributed by atoms with van der Waals surface area (Å²) in [6.45, 7) is 1.74. The molecule has 0 radical (unpaired) electrons. The fourth-order valence-corrected chi connectivity index (χ4v) is 3.04. The molecule has 2 aromatic rings. The summed E-state index contributed by atoms with van der Waals surface area (Å²) < 4.78 is 19.2. The Morgan fingerprint density at radius 1 is 1.21 bits per heavy atom. The lowest BCUT2D eigenvalue weighted by Gasteiger charge is -2.15. The molecule has 4 heteroatoms. The van der Waals surface area contributed by atoms with Crippen LogP contribution in [0.3, 0.4) is 0 Å². The number of rotatable bonds is 3. The normalized spacial score (nSPS) is 12.3. The molecule has 0 N–H and O–H groups in total. The standard InChI is InChI=1S/C15H13BrClFO/c1-9-4-3-5-12(15(9)18)14(16)11-7-6-10(19-2)8-13(11)17/h3-8,14H,1-2H3. The minimum atomic E-state index is -0.286. The third kappa shape index (κ3) is 2.93. The lowest BCUT2D eigenvalue weighted by Crippen LogP contribution is -1.99. The first-order chi connectivity index (χ1) is 9.04. The summed E-state index contributed by atoms with van der Waals surface area (Å²) in [6, 6.07) is 10.7. The van der Waals surface area contributed by atoms with Gasteiger partial charge in [0.1, 0.15) is 11.6 Å². The van der Waals surface area contributed by atoms with E-state index in [0.717, 1.165) is 5.56 Å². The summed E-state index contributed by atoms with van der Waals surface area (Å²) >= 11 is 9.72. The molecule has 0 saturated carbocycles. The molecule has 0 bridgehead atoms. The van der Waals surface area contributed by atoms with Gasteiger partial charge in [-0.05, 0) is 30.2 Å². The topological polar surface area (TPSA) is 9.23 Å². The van der Waals surface area contributed by atoms with E-state index in [9.17, 15) is 4.39 Å². The van der Waals surface area contributed by atoms with Crippen LogP contribution in [0.2, 0.25) is 5.02 Å². The van der Waals surface area contributed by atoms with Crippen molar-refractivity contribution in [3.05, 3.63) is 63.9 Å². The van der Waals surface area contributed by atoms with E-state index in [1.54, 1.807) is 32.2 Å². The molecule has 2 rings (SSSR count). The Bertz CT molecular complexity index is 601. The molecule has 0 heterocycles. The number of benzene rings is 2. The third-order valence-electron chi connectivity index (χ3n) is 2.98. The molecule has 100 valence electrons. The van der Waals surface area contributed by atoms with E-state index in [0.29, 0.717) is 21.9 Å². The molecule has 2 aromatic carbocycles. The Balaban J connectivity index is 2.44. The minimum absolute atomic E-state index is 0.212. The summed E-state index contributed by atoms with van der Waals surface area (Å²) in [7, 11) is 1.58. The van der Waals surface area contributed by atoms with Crippen molar-refractivity contribution < 1.29 is 9.13 Å². The first-order valence-corrected chi connectivity index (χ1v) is 7.06. The number of hydrogen-bond donors (Lipinski definition) is 0. The first kappa shape index (κ1) is 14.4. The van der Waals surface area contributed by atoms with Gasteiger partial charge >= 0.3 is 0 Å². The Hall–Kier alpha value is -1.06. The summed E-state index contributed by atoms with van der Waals surface area (Å²) in [5.41, 5.74) is 2.01. The highest BCUT2D eigenvalue weighted by Gasteiger charge is 2.18. The highest BCUT2D eigenvalue weighted by molar-refractivity contribution is 9.09. The molecule has 19 heavy (non-hydrogen) atoms. The van der Waals surface area contributed by atoms with Crippen LogP contribution in [0.25, 0.3) is 0 Å². The van der Waals surface area contributed by atoms with Gasteiger partial charge in [0.15, 0.2) is 0 Å². The second kappa shape index (κ2) is 5.93. The Morgan fingerprint density at radius 3 is 2.58 bits per heavy atom. The van der Waals surface area contributed by atoms with Gasteiger partial charge in [-0.15, -0.1) is 0 Å². The molecule has 1 unspecified atom stereocenters. The monoisotopic (exact) mass is 342 g/mol. The zero-order valence-electron chi connectivity index (χ0n) is 10.6. The molecular formula is C15H13BrClFO. The average Bonchev–Trinajstić information content (AvgIpc) is 2.41. The summed E-state index contributed by atoms with van der Waals surface area (Å²) in [5, 5.41) is 0.544. The van der Waals surface area contributed by atoms with Crippen LogP contribution in [0, 0.1) is 12.7 Å². The van der Waals surface area contributed by atoms with E-state index in [1.807, 2.05) is 18.2 Å². The second-order valence-corrected chi connectivity index (χ2v) is 5.55. The maximum Gasteiger partial charge on any atom is 0.130 e. The predicted molar refractivity (Wildman–Crippen MR) is 79.9 cm³/mol. The van der Waals surface area contributed by atoms with Crippen LogP contribution in [0.4, 0.5) is 4.39 Å². The second-order valence-electron chi connectivity index (χ2n) is 4.23. The summed E-state index contributed by atoms with van der Waals surface area (Å²) in [4.78, 5) is -0.286. The van der Waals surface area contributed by atoms with E-state index in [1.165, 1.54) is 0 Å². The van der Waals surface area contributed by atoms with Gasteiger partial charge in [-0.1, -0.05) is 51.8 Å². The van der Waals surface area contributed by atoms with E-state index in [2.05, 4.69) is 15.9 Å². The van der Waals surface area contributed by atoms with Crippen molar-refractivity contribution in [2.45, 2.75) is 11.8 Å². The predicted octanol–water partition coefficient (Wildman–Crippen LogP) is 5.28. The largest absolute Gasteiger partial charge is 0.497 e. The van der Waals surface area contributed by atoms with Crippen molar-refractivity contribution in [1.29, 1.82) is 0 Å². The van der Waals surface area contributed by atoms with Crippen molar-refractivity contribution in [2.75, 3.05) is 7.11 Å². The van der Waals surface area contributed by atoms with Crippen molar-refractivity contribution in [3.63, 3.8) is 0 Å². The molecule has 0 amide bonds. The molecule has 0 aliphatic rings. The van der Waals surface area contributed by atoms with Crippen LogP contribution in [0.1, 0.15) is 21.5 Å². The van der Waals surface area contributed by atoms with Crippen LogP contribution in [0.5, 0.6) is 5.75 Å². The molecular weight excluding hydrogens is 331 g/mol. The lowest BCUT2D eigenvalue weighted by molar-refractivity contribution is 0.414. The number of alkyl halides is 1. The number of methoxy groups -OCH3 is 1. The van der Waals surface area contributed by atoms with Gasteiger partial charge in [0.05, 0.1) is 11.9 Å². The zero-order chi connectivity index (χ0) is 14.0. The Labute approximate surface area is 125 Å². The van der Waals surface area contributed by atoms with Gasteiger partial charge in [0.2, 0.25) is 0 Å². The van der Waals surface area contributed by atoms with Crippen molar-refractivity contribution >= 4 is 27.5 Å². The quantitative estimate of drug-likeness (QED) is 0.689. The van der Waals surface area contributed by atoms with Gasteiger partial charge in [0.25, 0.3) is 0 Å². The molecule has 0 aromatic heterocycles. The van der Waals surface area contributed by atoms with Gasteiger partial charge in [0, 0.05) is 10.6 Å². The maximum absolute atomic E-state index is 14.1. The van der Waals surface area contributed by atoms with Crippen LogP contribution >= 0.6 is 27.5 Å². The lowest BCUT2D eigenvalue weighted by atomic mass is 10.0. The van der Waals surface area contributed by atoms with Crippen LogP contribution < -0.4 is 4.74 Å². The zero-order valence-corrected chi connectivity index (χ0v) is 12.9. The summed E-state index contributed by atoms with van der Waals surface area (Å²) in [5.74, 6) is 0.467. The molecule has 0 aliphatic carbocycles. The van der Waals surface area contributed by atoms with Crippen molar-refractivity contribution in [3.8, 4) is 5.75 Å². The number of ether oxygens (including phenoxy) is 1. The van der Waals surface area contributed by atoms with E-state index in [4.69, 9.17) is 16.3 Å². The highest BCUT2D eigenvalue weighted by atomic mass is 79.9. The molecule has 1 nitrogen and oxygen atoms in total. The van der Waals surface area contributed by atoms with Crippen molar-refractivity contribution in [1.82, 2.24) is 0 Å². The molecule has 0 saturated heterocycles. The van der Waals surface area contributed by atoms with Crippen LogP contribution in [-0.4, -0.2) is 7.11 Å². The smallest absolute Gasteiger partial charge is 0.130 e. The fraction of sp³-hybridized carbons (Fsp3) is 0.200. The van der Waals surface area contributed by atoms with E-state index in [-0.39, 0.29) is 10.6 Å². The van der Waals surface area contributed by atoms with E-state index < -0.39 is 0 Å². The van der Waals surface area contributed by atoms with Crippen LogP contribution in [-0.2, 0) is 0 Å². The molecule has 1 atom stereocenters. The SMILES string of the molecule is COc1ccc(C(Br)c2cccc(C)c2F)c(Cl)c1. The Morgan fingerprint density at radius 2 is 1.95 bits per heavy atom. The summed E-state index contributed by atoms with van der Waals surface area (Å²) in [6.07, 6.45) is 0. The maximum atomic E-state index is 14.1. The third-order valence-corrected chi connectivity index (χ3v) is 4.29. The van der Waals surface area contributed by atoms with Gasteiger partial charge < -0.3 is 4.74 Å². The fourth-order valence-electron chi connectivity index (χ4n) is 1.87. The average molecular weight is 344 g/mol. The Kier molecular flexibility index (Phi) is 4.48. The van der Waals surface area contributed by atoms with Crippen LogP contribution in [0.15, 0.2) is 36.4 Å².